The van der Waals surface area contributed by atoms with Crippen molar-refractivity contribution in [2.45, 2.75) is 0 Å². The second-order valence-electron chi connectivity index (χ2n) is 7.89. The van der Waals surface area contributed by atoms with Crippen LogP contribution in [-0.2, 0) is 16.5 Å². The predicted molar refractivity (Wildman–Crippen MR) is 141 cm³/mol. The zero-order valence-electron chi connectivity index (χ0n) is 19.6. The minimum absolute atomic E-state index is 0.692. The molecule has 0 radical (unpaired) electrons. The maximum atomic E-state index is 5.04. The molecule has 3 heterocycles. The van der Waals surface area contributed by atoms with E-state index < -0.39 is 16.5 Å². The maximum absolute atomic E-state index is 5.04. The van der Waals surface area contributed by atoms with Crippen LogP contribution < -0.4 is 12.6 Å². The standard InChI is InChI=1S/3C10H7N2.Ir/c3*1-2-5-9(6-3-1)10-11-7-4-8-12-10;/h3*1-7H;. The van der Waals surface area contributed by atoms with Gasteiger partial charge in [-0.15, -0.1) is 0 Å². The van der Waals surface area contributed by atoms with Crippen molar-refractivity contribution in [1.29, 1.82) is 0 Å². The summed E-state index contributed by atoms with van der Waals surface area (Å²) in [5.74, 6) is 2.08. The van der Waals surface area contributed by atoms with Crippen molar-refractivity contribution in [3.63, 3.8) is 0 Å². The van der Waals surface area contributed by atoms with Gasteiger partial charge in [-0.3, -0.25) is 0 Å². The second kappa shape index (κ2) is 10.7. The van der Waals surface area contributed by atoms with E-state index in [1.165, 1.54) is 0 Å². The summed E-state index contributed by atoms with van der Waals surface area (Å²) in [7, 11) is 0. The van der Waals surface area contributed by atoms with E-state index in [0.29, 0.717) is 17.5 Å². The zero-order chi connectivity index (χ0) is 24.9. The van der Waals surface area contributed by atoms with Gasteiger partial charge in [-0.05, 0) is 0 Å². The Kier molecular flexibility index (Phi) is 6.62. The predicted octanol–water partition coefficient (Wildman–Crippen LogP) is 3.95. The first-order valence-corrected chi connectivity index (χ1v) is 15.2. The van der Waals surface area contributed by atoms with Gasteiger partial charge in [-0.25, -0.2) is 0 Å². The van der Waals surface area contributed by atoms with Crippen LogP contribution in [0, 0.1) is 0 Å². The van der Waals surface area contributed by atoms with E-state index in [1.54, 1.807) is 0 Å². The molecule has 0 amide bonds. The monoisotopic (exact) mass is 658 g/mol. The molecule has 0 aliphatic carbocycles. The summed E-state index contributed by atoms with van der Waals surface area (Å²) in [6.07, 6.45) is 5.49. The van der Waals surface area contributed by atoms with Crippen molar-refractivity contribution in [3.05, 3.63) is 128 Å². The van der Waals surface area contributed by atoms with Gasteiger partial charge in [0.1, 0.15) is 0 Å². The fraction of sp³-hybridized carbons (Fsp3) is 0. The summed E-state index contributed by atoms with van der Waals surface area (Å²) in [5.41, 5.74) is 2.92. The molecule has 0 N–H and O–H groups in total. The van der Waals surface area contributed by atoms with Crippen LogP contribution in [0.4, 0.5) is 0 Å². The molecule has 180 valence electrons. The number of nitrogens with zero attached hydrogens (tertiary/aromatic N) is 6. The van der Waals surface area contributed by atoms with Crippen LogP contribution in [0.5, 0.6) is 0 Å². The second-order valence-corrected chi connectivity index (χ2v) is 13.4. The fourth-order valence-electron chi connectivity index (χ4n) is 3.71. The van der Waals surface area contributed by atoms with Crippen LogP contribution in [0.15, 0.2) is 128 Å². The summed E-state index contributed by atoms with van der Waals surface area (Å²) in [6, 6.07) is 36.1. The average molecular weight is 658 g/mol. The number of aromatic nitrogens is 6. The van der Waals surface area contributed by atoms with E-state index in [9.17, 15) is 0 Å². The van der Waals surface area contributed by atoms with Crippen molar-refractivity contribution in [3.8, 4) is 34.2 Å². The van der Waals surface area contributed by atoms with Crippen molar-refractivity contribution in [1.82, 2.24) is 29.9 Å². The Hall–Kier alpha value is -4.45. The van der Waals surface area contributed by atoms with Gasteiger partial charge < -0.3 is 0 Å². The molecule has 6 nitrogen and oxygen atoms in total. The van der Waals surface area contributed by atoms with Crippen LogP contribution in [0.3, 0.4) is 0 Å². The van der Waals surface area contributed by atoms with Crippen molar-refractivity contribution >= 4 is 12.6 Å². The molecular formula is C30H21IrN6. The number of benzene rings is 3. The Labute approximate surface area is 220 Å². The summed E-state index contributed by atoms with van der Waals surface area (Å²) in [5, 5.41) is 0. The van der Waals surface area contributed by atoms with Gasteiger partial charge in [0.2, 0.25) is 0 Å². The van der Waals surface area contributed by atoms with Gasteiger partial charge in [-0.2, -0.15) is 0 Å². The van der Waals surface area contributed by atoms with Crippen molar-refractivity contribution in [2.24, 2.45) is 0 Å². The molecule has 7 heteroatoms. The average Bonchev–Trinajstić information content (AvgIpc) is 2.99. The molecule has 0 aliphatic rings. The van der Waals surface area contributed by atoms with Crippen LogP contribution in [0.2, 0.25) is 0 Å². The van der Waals surface area contributed by atoms with E-state index in [2.05, 4.69) is 15.0 Å². The normalized spacial score (nSPS) is 11.2. The van der Waals surface area contributed by atoms with E-state index in [-0.39, 0.29) is 0 Å². The van der Waals surface area contributed by atoms with Gasteiger partial charge in [-0.1, -0.05) is 0 Å². The van der Waals surface area contributed by atoms with Crippen LogP contribution >= 0.6 is 0 Å². The first-order chi connectivity index (χ1) is 18.3. The molecule has 6 aromatic rings. The summed E-state index contributed by atoms with van der Waals surface area (Å²) in [6.45, 7) is 0. The summed E-state index contributed by atoms with van der Waals surface area (Å²) < 4.78 is 2.89. The van der Waals surface area contributed by atoms with Crippen molar-refractivity contribution < 1.29 is 16.5 Å². The van der Waals surface area contributed by atoms with Crippen LogP contribution in [0.1, 0.15) is 0 Å². The number of hydrogen-bond acceptors (Lipinski definition) is 6. The summed E-state index contributed by atoms with van der Waals surface area (Å²) in [4.78, 5) is 28.8. The molecule has 3 aromatic heterocycles. The molecule has 3 aromatic carbocycles. The molecular weight excluding hydrogens is 637 g/mol. The minimum atomic E-state index is -2.59. The molecule has 37 heavy (non-hydrogen) atoms. The van der Waals surface area contributed by atoms with Crippen LogP contribution in [0.25, 0.3) is 34.2 Å². The third-order valence-corrected chi connectivity index (χ3v) is 11.1. The Morgan fingerprint density at radius 1 is 0.351 bits per heavy atom. The molecule has 0 bridgehead atoms. The van der Waals surface area contributed by atoms with E-state index in [0.717, 1.165) is 29.3 Å². The molecule has 0 saturated carbocycles. The molecule has 0 saturated heterocycles. The van der Waals surface area contributed by atoms with Gasteiger partial charge in [0, 0.05) is 0 Å². The van der Waals surface area contributed by atoms with Gasteiger partial charge in [0.05, 0.1) is 0 Å². The van der Waals surface area contributed by atoms with E-state index in [1.807, 2.05) is 128 Å². The Morgan fingerprint density at radius 3 is 0.946 bits per heavy atom. The van der Waals surface area contributed by atoms with Crippen LogP contribution in [-0.4, -0.2) is 29.9 Å². The van der Waals surface area contributed by atoms with Gasteiger partial charge in [0.15, 0.2) is 0 Å². The van der Waals surface area contributed by atoms with E-state index >= 15 is 0 Å². The quantitative estimate of drug-likeness (QED) is 0.270. The Bertz CT molecular complexity index is 1430. The molecule has 0 atom stereocenters. The fourth-order valence-corrected chi connectivity index (χ4v) is 8.89. The molecule has 0 fully saturated rings. The third kappa shape index (κ3) is 5.09. The first-order valence-electron chi connectivity index (χ1n) is 11.6. The van der Waals surface area contributed by atoms with Gasteiger partial charge in [0.25, 0.3) is 0 Å². The molecule has 6 rings (SSSR count). The third-order valence-electron chi connectivity index (χ3n) is 5.44. The molecule has 0 unspecified atom stereocenters. The van der Waals surface area contributed by atoms with Crippen molar-refractivity contribution in [2.75, 3.05) is 0 Å². The number of hydrogen-bond donors (Lipinski definition) is 0. The number of rotatable bonds is 6. The topological polar surface area (TPSA) is 77.3 Å². The SMILES string of the molecule is c1ccc(-c2ncc[c]([Ir]([c]3ccnc(-c4ccccc4)n3)[c]3ccnc(-c4ccccc4)n3)n2)cc1. The molecule has 0 spiro atoms. The molecule has 0 aliphatic heterocycles. The first kappa shape index (κ1) is 23.0. The zero-order valence-corrected chi connectivity index (χ0v) is 22.0. The van der Waals surface area contributed by atoms with Gasteiger partial charge >= 0.3 is 221 Å². The Morgan fingerprint density at radius 2 is 0.649 bits per heavy atom. The summed E-state index contributed by atoms with van der Waals surface area (Å²) >= 11 is -2.59. The van der Waals surface area contributed by atoms with E-state index in [4.69, 9.17) is 15.0 Å². The Balaban J connectivity index is 1.51.